The second-order valence-electron chi connectivity index (χ2n) is 7.89. The van der Waals surface area contributed by atoms with Crippen LogP contribution in [0.4, 0.5) is 0 Å². The molecular formula is C22H36N2O5. The summed E-state index contributed by atoms with van der Waals surface area (Å²) in [5.41, 5.74) is -0.556. The molecule has 0 aromatic heterocycles. The lowest BCUT2D eigenvalue weighted by atomic mass is 9.95. The quantitative estimate of drug-likeness (QED) is 0.233. The minimum atomic E-state index is -0.560. The van der Waals surface area contributed by atoms with E-state index in [0.29, 0.717) is 19.3 Å². The molecule has 1 saturated carbocycles. The molecule has 0 radical (unpaired) electrons. The van der Waals surface area contributed by atoms with Gasteiger partial charge in [-0.25, -0.2) is 0 Å². The fourth-order valence-electron chi connectivity index (χ4n) is 3.51. The second-order valence-corrected chi connectivity index (χ2v) is 7.89. The Labute approximate surface area is 174 Å². The largest absolute Gasteiger partial charge is 0.464 e. The Balaban J connectivity index is 2.47. The molecule has 0 aromatic carbocycles. The number of aliphatic hydroxyl groups is 1. The summed E-state index contributed by atoms with van der Waals surface area (Å²) in [5.74, 6) is -1.39. The van der Waals surface area contributed by atoms with E-state index in [2.05, 4.69) is 23.8 Å². The van der Waals surface area contributed by atoms with Gasteiger partial charge in [-0.15, -0.1) is 13.2 Å². The molecule has 0 spiro atoms. The van der Waals surface area contributed by atoms with Gasteiger partial charge in [0.05, 0.1) is 24.1 Å². The van der Waals surface area contributed by atoms with Crippen LogP contribution in [0, 0.1) is 5.92 Å². The van der Waals surface area contributed by atoms with E-state index in [-0.39, 0.29) is 43.5 Å². The summed E-state index contributed by atoms with van der Waals surface area (Å²) < 4.78 is 5.17. The zero-order chi connectivity index (χ0) is 21.7. The van der Waals surface area contributed by atoms with E-state index in [9.17, 15) is 19.5 Å². The first-order valence-corrected chi connectivity index (χ1v) is 10.5. The molecule has 0 bridgehead atoms. The van der Waals surface area contributed by atoms with Gasteiger partial charge in [0.2, 0.25) is 11.8 Å². The maximum Gasteiger partial charge on any atom is 0.305 e. The van der Waals surface area contributed by atoms with Crippen molar-refractivity contribution in [2.75, 3.05) is 13.2 Å². The number of esters is 1. The van der Waals surface area contributed by atoms with Crippen LogP contribution < -0.4 is 10.6 Å². The molecule has 0 aromatic rings. The van der Waals surface area contributed by atoms with Crippen LogP contribution in [0.25, 0.3) is 0 Å². The molecule has 164 valence electrons. The summed E-state index contributed by atoms with van der Waals surface area (Å²) >= 11 is 0. The van der Waals surface area contributed by atoms with Crippen molar-refractivity contribution >= 4 is 17.8 Å². The number of aliphatic hydroxyl groups excluding tert-OH is 1. The highest BCUT2D eigenvalue weighted by atomic mass is 16.5. The molecular weight excluding hydrogens is 372 g/mol. The SMILES string of the molecule is C=CCCCC(=O)OC[C@H](C)NC(=O)[C@H](CC=C)CC(=O)NC1(CO)CCCC1. The van der Waals surface area contributed by atoms with Crippen molar-refractivity contribution < 1.29 is 24.2 Å². The molecule has 0 unspecified atom stereocenters. The van der Waals surface area contributed by atoms with Gasteiger partial charge in [0.25, 0.3) is 0 Å². The maximum atomic E-state index is 12.6. The van der Waals surface area contributed by atoms with Crippen LogP contribution in [0.3, 0.4) is 0 Å². The van der Waals surface area contributed by atoms with Crippen molar-refractivity contribution in [1.29, 1.82) is 0 Å². The van der Waals surface area contributed by atoms with Crippen LogP contribution in [-0.2, 0) is 19.1 Å². The third-order valence-electron chi connectivity index (χ3n) is 5.19. The summed E-state index contributed by atoms with van der Waals surface area (Å²) in [6, 6.07) is -0.361. The van der Waals surface area contributed by atoms with Gasteiger partial charge in [0, 0.05) is 12.8 Å². The highest BCUT2D eigenvalue weighted by Crippen LogP contribution is 2.29. The third-order valence-corrected chi connectivity index (χ3v) is 5.19. The van der Waals surface area contributed by atoms with E-state index in [4.69, 9.17) is 4.74 Å². The summed E-state index contributed by atoms with van der Waals surface area (Å²) in [4.78, 5) is 36.7. The minimum absolute atomic E-state index is 0.0215. The molecule has 1 aliphatic rings. The Hall–Kier alpha value is -2.15. The molecule has 0 aliphatic heterocycles. The van der Waals surface area contributed by atoms with Gasteiger partial charge in [0.1, 0.15) is 6.61 Å². The van der Waals surface area contributed by atoms with Crippen LogP contribution in [-0.4, -0.2) is 47.7 Å². The fourth-order valence-corrected chi connectivity index (χ4v) is 3.51. The normalized spacial score (nSPS) is 17.0. The first-order valence-electron chi connectivity index (χ1n) is 10.5. The van der Waals surface area contributed by atoms with Gasteiger partial charge in [-0.05, 0) is 39.0 Å². The van der Waals surface area contributed by atoms with Crippen molar-refractivity contribution in [3.05, 3.63) is 25.3 Å². The standard InChI is InChI=1S/C22H36N2O5/c1-4-6-7-11-20(27)29-15-17(3)23-21(28)18(10-5-2)14-19(26)24-22(16-25)12-8-9-13-22/h4-5,17-18,25H,1-2,6-16H2,3H3,(H,23,28)(H,24,26)/t17-,18+/m0/s1. The summed E-state index contributed by atoms with van der Waals surface area (Å²) in [6.07, 6.45) is 8.96. The van der Waals surface area contributed by atoms with Gasteiger partial charge in [0.15, 0.2) is 0 Å². The van der Waals surface area contributed by atoms with E-state index in [0.717, 1.165) is 32.1 Å². The average Bonchev–Trinajstić information content (AvgIpc) is 3.15. The second kappa shape index (κ2) is 13.1. The van der Waals surface area contributed by atoms with Gasteiger partial charge >= 0.3 is 5.97 Å². The minimum Gasteiger partial charge on any atom is -0.464 e. The van der Waals surface area contributed by atoms with Gasteiger partial charge < -0.3 is 20.5 Å². The van der Waals surface area contributed by atoms with Crippen molar-refractivity contribution in [2.45, 2.75) is 76.3 Å². The highest BCUT2D eigenvalue weighted by molar-refractivity contribution is 5.86. The van der Waals surface area contributed by atoms with Gasteiger partial charge in [-0.3, -0.25) is 14.4 Å². The van der Waals surface area contributed by atoms with Crippen LogP contribution in [0.2, 0.25) is 0 Å². The van der Waals surface area contributed by atoms with Crippen molar-refractivity contribution in [1.82, 2.24) is 10.6 Å². The number of carbonyl (C=O) groups excluding carboxylic acids is 3. The van der Waals surface area contributed by atoms with Crippen molar-refractivity contribution in [3.63, 3.8) is 0 Å². The lowest BCUT2D eigenvalue weighted by Gasteiger charge is -2.29. The Morgan fingerprint density at radius 3 is 2.48 bits per heavy atom. The fraction of sp³-hybridized carbons (Fsp3) is 0.682. The first-order chi connectivity index (χ1) is 13.9. The summed E-state index contributed by atoms with van der Waals surface area (Å²) in [5, 5.41) is 15.4. The number of nitrogens with one attached hydrogen (secondary N) is 2. The van der Waals surface area contributed by atoms with Crippen LogP contribution in [0.5, 0.6) is 0 Å². The predicted octanol–water partition coefficient (Wildman–Crippen LogP) is 2.39. The molecule has 1 rings (SSSR count). The molecule has 0 heterocycles. The van der Waals surface area contributed by atoms with E-state index >= 15 is 0 Å². The molecule has 2 atom stereocenters. The molecule has 2 amide bonds. The van der Waals surface area contributed by atoms with E-state index in [1.807, 2.05) is 0 Å². The zero-order valence-electron chi connectivity index (χ0n) is 17.6. The Bertz CT molecular complexity index is 570. The molecule has 29 heavy (non-hydrogen) atoms. The lowest BCUT2D eigenvalue weighted by Crippen LogP contribution is -2.50. The topological polar surface area (TPSA) is 105 Å². The number of ether oxygens (including phenoxy) is 1. The van der Waals surface area contributed by atoms with E-state index < -0.39 is 11.5 Å². The number of unbranched alkanes of at least 4 members (excludes halogenated alkanes) is 1. The van der Waals surface area contributed by atoms with Crippen LogP contribution in [0.15, 0.2) is 25.3 Å². The van der Waals surface area contributed by atoms with Gasteiger partial charge in [-0.2, -0.15) is 0 Å². The number of carbonyl (C=O) groups is 3. The number of hydrogen-bond donors (Lipinski definition) is 3. The molecule has 1 aliphatic carbocycles. The number of allylic oxidation sites excluding steroid dienone is 2. The molecule has 1 fully saturated rings. The zero-order valence-corrected chi connectivity index (χ0v) is 17.6. The predicted molar refractivity (Wildman–Crippen MR) is 112 cm³/mol. The number of hydrogen-bond acceptors (Lipinski definition) is 5. The van der Waals surface area contributed by atoms with Gasteiger partial charge in [-0.1, -0.05) is 25.0 Å². The summed E-state index contributed by atoms with van der Waals surface area (Å²) in [6.45, 7) is 9.02. The number of rotatable bonds is 14. The maximum absolute atomic E-state index is 12.6. The molecule has 0 saturated heterocycles. The van der Waals surface area contributed by atoms with E-state index in [1.165, 1.54) is 0 Å². The van der Waals surface area contributed by atoms with Crippen LogP contribution >= 0.6 is 0 Å². The van der Waals surface area contributed by atoms with Crippen molar-refractivity contribution in [2.24, 2.45) is 5.92 Å². The third kappa shape index (κ3) is 9.26. The first kappa shape index (κ1) is 24.9. The summed E-state index contributed by atoms with van der Waals surface area (Å²) in [7, 11) is 0. The monoisotopic (exact) mass is 408 g/mol. The van der Waals surface area contributed by atoms with Crippen molar-refractivity contribution in [3.8, 4) is 0 Å². The molecule has 7 nitrogen and oxygen atoms in total. The average molecular weight is 409 g/mol. The van der Waals surface area contributed by atoms with E-state index in [1.54, 1.807) is 19.1 Å². The Morgan fingerprint density at radius 2 is 1.90 bits per heavy atom. The molecule has 7 heteroatoms. The van der Waals surface area contributed by atoms with Crippen LogP contribution in [0.1, 0.15) is 64.7 Å². The highest BCUT2D eigenvalue weighted by Gasteiger charge is 2.35. The Morgan fingerprint density at radius 1 is 1.21 bits per heavy atom. The molecule has 3 N–H and O–H groups in total. The lowest BCUT2D eigenvalue weighted by molar-refractivity contribution is -0.145. The smallest absolute Gasteiger partial charge is 0.305 e. The Kier molecular flexibility index (Phi) is 11.3. The number of amides is 2.